The van der Waals surface area contributed by atoms with E-state index in [1.807, 2.05) is 19.9 Å². The van der Waals surface area contributed by atoms with Gasteiger partial charge in [0.2, 0.25) is 0 Å². The molecule has 1 aliphatic heterocycles. The van der Waals surface area contributed by atoms with Gasteiger partial charge in [0.1, 0.15) is 11.7 Å². The predicted molar refractivity (Wildman–Crippen MR) is 113 cm³/mol. The van der Waals surface area contributed by atoms with Crippen LogP contribution < -0.4 is 0 Å². The zero-order chi connectivity index (χ0) is 22.7. The van der Waals surface area contributed by atoms with E-state index in [1.165, 1.54) is 13.8 Å². The number of fused-ring (bicyclic) bond motifs is 3. The lowest BCUT2D eigenvalue weighted by Crippen LogP contribution is -2.74. The Kier molecular flexibility index (Phi) is 5.69. The minimum absolute atomic E-state index is 0.0772. The molecule has 1 N–H and O–H groups in total. The van der Waals surface area contributed by atoms with Gasteiger partial charge in [-0.1, -0.05) is 26.8 Å². The van der Waals surface area contributed by atoms with Crippen molar-refractivity contribution < 1.29 is 28.9 Å². The fraction of sp³-hybridized carbons (Fsp3) is 0.833. The average molecular weight is 423 g/mol. The minimum atomic E-state index is -0.944. The number of rotatable bonds is 3. The summed E-state index contributed by atoms with van der Waals surface area (Å²) in [4.78, 5) is 23.8. The third kappa shape index (κ3) is 3.40. The summed E-state index contributed by atoms with van der Waals surface area (Å²) in [7, 11) is 0. The highest BCUT2D eigenvalue weighted by Crippen LogP contribution is 2.66. The summed E-state index contributed by atoms with van der Waals surface area (Å²) in [5.41, 5.74) is -2.14. The van der Waals surface area contributed by atoms with Crippen LogP contribution in [0.25, 0.3) is 0 Å². The van der Waals surface area contributed by atoms with Crippen molar-refractivity contribution in [2.75, 3.05) is 0 Å². The van der Waals surface area contributed by atoms with Crippen LogP contribution in [0.3, 0.4) is 0 Å². The summed E-state index contributed by atoms with van der Waals surface area (Å²) in [5.74, 6) is -0.899. The monoisotopic (exact) mass is 422 g/mol. The third-order valence-electron chi connectivity index (χ3n) is 8.41. The molecule has 2 saturated carbocycles. The van der Waals surface area contributed by atoms with E-state index in [4.69, 9.17) is 14.2 Å². The first-order valence-corrected chi connectivity index (χ1v) is 11.1. The number of esters is 2. The van der Waals surface area contributed by atoms with Gasteiger partial charge in [0.25, 0.3) is 0 Å². The van der Waals surface area contributed by atoms with Gasteiger partial charge in [0, 0.05) is 25.2 Å². The van der Waals surface area contributed by atoms with Gasteiger partial charge in [-0.3, -0.25) is 9.59 Å². The third-order valence-corrected chi connectivity index (χ3v) is 8.41. The van der Waals surface area contributed by atoms with Crippen LogP contribution in [0.15, 0.2) is 12.7 Å². The molecular weight excluding hydrogens is 384 g/mol. The summed E-state index contributed by atoms with van der Waals surface area (Å²) in [6.45, 7) is 17.0. The van der Waals surface area contributed by atoms with E-state index in [-0.39, 0.29) is 29.3 Å². The molecule has 0 aromatic heterocycles. The van der Waals surface area contributed by atoms with E-state index in [0.29, 0.717) is 0 Å². The molecule has 0 radical (unpaired) electrons. The van der Waals surface area contributed by atoms with Crippen LogP contribution in [-0.4, -0.2) is 46.6 Å². The maximum Gasteiger partial charge on any atom is 0.303 e. The molecule has 2 aliphatic carbocycles. The maximum absolute atomic E-state index is 12.0. The van der Waals surface area contributed by atoms with Crippen molar-refractivity contribution in [3.8, 4) is 0 Å². The number of aliphatic hydroxyl groups is 1. The smallest absolute Gasteiger partial charge is 0.303 e. The van der Waals surface area contributed by atoms with Crippen LogP contribution in [0.5, 0.6) is 0 Å². The molecular formula is C24H38O6. The second-order valence-electron chi connectivity index (χ2n) is 10.9. The molecule has 30 heavy (non-hydrogen) atoms. The molecule has 8 atom stereocenters. The predicted octanol–water partition coefficient (Wildman–Crippen LogP) is 3.80. The summed E-state index contributed by atoms with van der Waals surface area (Å²) >= 11 is 0. The Morgan fingerprint density at radius 1 is 1.03 bits per heavy atom. The van der Waals surface area contributed by atoms with Crippen LogP contribution in [0.1, 0.15) is 74.1 Å². The topological polar surface area (TPSA) is 82.1 Å². The minimum Gasteiger partial charge on any atom is -0.462 e. The number of carbonyl (C=O) groups is 2. The van der Waals surface area contributed by atoms with E-state index in [1.54, 1.807) is 0 Å². The number of hydrogen-bond donors (Lipinski definition) is 1. The van der Waals surface area contributed by atoms with E-state index in [9.17, 15) is 14.7 Å². The molecule has 0 aromatic rings. The number of hydrogen-bond acceptors (Lipinski definition) is 6. The molecule has 0 amide bonds. The first-order chi connectivity index (χ1) is 13.7. The molecule has 1 heterocycles. The SMILES string of the molecule is C=C[C@@]1(C)CC[C@@H]2[C@@]3(C)CC[C@H](OC(C)=O)C(C)(C)[C@H]3[C@@H](O)[C@@H](OC(C)=O)[C@@]2(C)O1. The highest BCUT2D eigenvalue weighted by molar-refractivity contribution is 5.66. The van der Waals surface area contributed by atoms with E-state index >= 15 is 0 Å². The van der Waals surface area contributed by atoms with E-state index < -0.39 is 34.8 Å². The second-order valence-corrected chi connectivity index (χ2v) is 10.9. The van der Waals surface area contributed by atoms with Gasteiger partial charge in [-0.2, -0.15) is 0 Å². The number of aliphatic hydroxyl groups excluding tert-OH is 1. The molecule has 170 valence electrons. The van der Waals surface area contributed by atoms with Crippen molar-refractivity contribution in [2.24, 2.45) is 22.7 Å². The second kappa shape index (κ2) is 7.33. The van der Waals surface area contributed by atoms with Gasteiger partial charge in [0.15, 0.2) is 6.10 Å². The average Bonchev–Trinajstić information content (AvgIpc) is 2.60. The van der Waals surface area contributed by atoms with Crippen LogP contribution in [0.2, 0.25) is 0 Å². The number of ether oxygens (including phenoxy) is 3. The molecule has 1 saturated heterocycles. The lowest BCUT2D eigenvalue weighted by Gasteiger charge is -2.68. The van der Waals surface area contributed by atoms with E-state index in [0.717, 1.165) is 25.7 Å². The van der Waals surface area contributed by atoms with Crippen molar-refractivity contribution in [2.45, 2.75) is 104 Å². The van der Waals surface area contributed by atoms with Crippen molar-refractivity contribution in [1.82, 2.24) is 0 Å². The summed E-state index contributed by atoms with van der Waals surface area (Å²) in [5, 5.41) is 11.7. The van der Waals surface area contributed by atoms with Gasteiger partial charge in [0.05, 0.1) is 11.7 Å². The van der Waals surface area contributed by atoms with Crippen LogP contribution in [0, 0.1) is 22.7 Å². The number of carbonyl (C=O) groups excluding carboxylic acids is 2. The van der Waals surface area contributed by atoms with Crippen LogP contribution in [-0.2, 0) is 23.8 Å². The Morgan fingerprint density at radius 2 is 1.63 bits per heavy atom. The molecule has 0 aromatic carbocycles. The highest BCUT2D eigenvalue weighted by Gasteiger charge is 2.70. The standard InChI is InChI=1S/C24H38O6/c1-9-22(6)12-10-16-23(7)13-11-17(28-14(2)25)21(4,5)19(23)18(27)20(29-15(3)26)24(16,8)30-22/h9,16-20,27H,1,10-13H2,2-8H3/t16-,17+,18-,19-,20-,22+,23-,24+/m1/s1. The van der Waals surface area contributed by atoms with Crippen molar-refractivity contribution in [3.63, 3.8) is 0 Å². The zero-order valence-corrected chi connectivity index (χ0v) is 19.5. The molecule has 3 aliphatic rings. The molecule has 6 nitrogen and oxygen atoms in total. The van der Waals surface area contributed by atoms with Gasteiger partial charge in [-0.25, -0.2) is 0 Å². The molecule has 3 rings (SSSR count). The Hall–Kier alpha value is -1.40. The first-order valence-electron chi connectivity index (χ1n) is 11.1. The normalized spacial score (nSPS) is 47.4. The fourth-order valence-electron chi connectivity index (χ4n) is 7.26. The molecule has 0 unspecified atom stereocenters. The van der Waals surface area contributed by atoms with Gasteiger partial charge >= 0.3 is 11.9 Å². The Balaban J connectivity index is 2.11. The van der Waals surface area contributed by atoms with Crippen molar-refractivity contribution in [3.05, 3.63) is 12.7 Å². The maximum atomic E-state index is 12.0. The Bertz CT molecular complexity index is 731. The summed E-state index contributed by atoms with van der Waals surface area (Å²) in [6, 6.07) is 0. The first kappa shape index (κ1) is 23.3. The lowest BCUT2D eigenvalue weighted by atomic mass is 9.42. The van der Waals surface area contributed by atoms with Crippen molar-refractivity contribution >= 4 is 11.9 Å². The Morgan fingerprint density at radius 3 is 2.17 bits per heavy atom. The van der Waals surface area contributed by atoms with Crippen molar-refractivity contribution in [1.29, 1.82) is 0 Å². The van der Waals surface area contributed by atoms with Crippen LogP contribution >= 0.6 is 0 Å². The van der Waals surface area contributed by atoms with Gasteiger partial charge in [-0.05, 0) is 50.9 Å². The van der Waals surface area contributed by atoms with Gasteiger partial charge in [-0.15, -0.1) is 6.58 Å². The summed E-state index contributed by atoms with van der Waals surface area (Å²) in [6.07, 6.45) is 2.98. The van der Waals surface area contributed by atoms with E-state index in [2.05, 4.69) is 27.4 Å². The van der Waals surface area contributed by atoms with Crippen LogP contribution in [0.4, 0.5) is 0 Å². The fourth-order valence-corrected chi connectivity index (χ4v) is 7.26. The zero-order valence-electron chi connectivity index (χ0n) is 19.5. The quantitative estimate of drug-likeness (QED) is 0.550. The molecule has 3 fully saturated rings. The lowest BCUT2D eigenvalue weighted by molar-refractivity contribution is -0.328. The Labute approximate surface area is 180 Å². The summed E-state index contributed by atoms with van der Waals surface area (Å²) < 4.78 is 18.1. The molecule has 0 bridgehead atoms. The largest absolute Gasteiger partial charge is 0.462 e. The molecule has 6 heteroatoms. The highest BCUT2D eigenvalue weighted by atomic mass is 16.6. The molecule has 0 spiro atoms. The van der Waals surface area contributed by atoms with Gasteiger partial charge < -0.3 is 19.3 Å².